The number of rotatable bonds is 6. The van der Waals surface area contributed by atoms with Crippen LogP contribution in [0.5, 0.6) is 0 Å². The van der Waals surface area contributed by atoms with Crippen LogP contribution >= 0.6 is 0 Å². The van der Waals surface area contributed by atoms with E-state index in [9.17, 15) is 21.6 Å². The number of aliphatic imine (C=N–C) groups is 1. The lowest BCUT2D eigenvalue weighted by Gasteiger charge is -2.32. The number of alkyl halides is 3. The molecule has 158 valence electrons. The van der Waals surface area contributed by atoms with Crippen molar-refractivity contribution in [2.75, 3.05) is 26.2 Å². The topological polar surface area (TPSA) is 73.8 Å². The molecule has 1 aromatic carbocycles. The number of benzene rings is 1. The molecular weight excluding hydrogens is 393 g/mol. The summed E-state index contributed by atoms with van der Waals surface area (Å²) in [7, 11) is -5.25. The van der Waals surface area contributed by atoms with Crippen molar-refractivity contribution in [1.82, 2.24) is 14.9 Å². The zero-order valence-corrected chi connectivity index (χ0v) is 16.9. The highest BCUT2D eigenvalue weighted by Crippen LogP contribution is 2.28. The maximum absolute atomic E-state index is 12.7. The summed E-state index contributed by atoms with van der Waals surface area (Å²) in [6.45, 7) is 4.87. The number of aryl methyl sites for hydroxylation is 1. The molecule has 1 aliphatic heterocycles. The van der Waals surface area contributed by atoms with Gasteiger partial charge in [-0.05, 0) is 44.2 Å². The van der Waals surface area contributed by atoms with Gasteiger partial charge in [0, 0.05) is 32.2 Å². The minimum atomic E-state index is -5.25. The molecule has 10 heteroatoms. The Morgan fingerprint density at radius 1 is 1.25 bits per heavy atom. The summed E-state index contributed by atoms with van der Waals surface area (Å²) in [6.07, 6.45) is 1.36. The lowest BCUT2D eigenvalue weighted by Crippen LogP contribution is -2.51. The average molecular weight is 421 g/mol. The van der Waals surface area contributed by atoms with E-state index in [1.807, 2.05) is 32.0 Å². The summed E-state index contributed by atoms with van der Waals surface area (Å²) in [4.78, 5) is 4.53. The number of sulfonamides is 1. The fourth-order valence-electron chi connectivity index (χ4n) is 3.08. The van der Waals surface area contributed by atoms with Gasteiger partial charge in [0.15, 0.2) is 5.96 Å². The third-order valence-electron chi connectivity index (χ3n) is 4.68. The van der Waals surface area contributed by atoms with Crippen LogP contribution in [-0.4, -0.2) is 56.4 Å². The Balaban J connectivity index is 1.90. The minimum Gasteiger partial charge on any atom is -0.357 e. The number of nitrogens with one attached hydrogen (secondary N) is 2. The van der Waals surface area contributed by atoms with Gasteiger partial charge in [0.1, 0.15) is 0 Å². The molecular formula is C18H27F3N4O2S. The zero-order valence-electron chi connectivity index (χ0n) is 16.1. The molecule has 0 amide bonds. The van der Waals surface area contributed by atoms with Crippen LogP contribution in [0.2, 0.25) is 0 Å². The highest BCUT2D eigenvalue weighted by molar-refractivity contribution is 7.90. The average Bonchev–Trinajstić information content (AvgIpc) is 2.63. The van der Waals surface area contributed by atoms with Crippen molar-refractivity contribution < 1.29 is 21.6 Å². The lowest BCUT2D eigenvalue weighted by molar-refractivity contribution is -0.0494. The molecule has 0 aliphatic carbocycles. The first-order valence-corrected chi connectivity index (χ1v) is 10.7. The number of nitrogens with zero attached hydrogens (tertiary/aromatic N) is 2. The molecule has 0 bridgehead atoms. The van der Waals surface area contributed by atoms with Crippen molar-refractivity contribution >= 4 is 16.0 Å². The second-order valence-electron chi connectivity index (χ2n) is 6.71. The monoisotopic (exact) mass is 420 g/mol. The Kier molecular flexibility index (Phi) is 7.70. The van der Waals surface area contributed by atoms with E-state index in [0.29, 0.717) is 23.4 Å². The Morgan fingerprint density at radius 3 is 2.46 bits per heavy atom. The van der Waals surface area contributed by atoms with Gasteiger partial charge in [-0.2, -0.15) is 17.5 Å². The Labute approximate surface area is 164 Å². The molecule has 1 heterocycles. The van der Waals surface area contributed by atoms with Crippen LogP contribution in [0.3, 0.4) is 0 Å². The number of hydrogen-bond donors (Lipinski definition) is 2. The Hall–Kier alpha value is -1.81. The summed E-state index contributed by atoms with van der Waals surface area (Å²) < 4.78 is 61.5. The molecule has 1 saturated heterocycles. The molecule has 28 heavy (non-hydrogen) atoms. The van der Waals surface area contributed by atoms with Gasteiger partial charge in [-0.15, -0.1) is 0 Å². The molecule has 0 saturated carbocycles. The maximum atomic E-state index is 12.7. The van der Waals surface area contributed by atoms with Crippen molar-refractivity contribution in [3.63, 3.8) is 0 Å². The van der Waals surface area contributed by atoms with Crippen LogP contribution in [0, 0.1) is 6.92 Å². The maximum Gasteiger partial charge on any atom is 0.511 e. The van der Waals surface area contributed by atoms with Gasteiger partial charge in [0.2, 0.25) is 0 Å². The highest BCUT2D eigenvalue weighted by atomic mass is 32.2. The standard InChI is InChI=1S/C18H27F3N4O2S/c1-3-22-17(23-11-8-15-7-5-4-6-14(15)2)24-16-9-12-25(13-10-16)28(26,27)18(19,20)21/h4-7,16H,3,8-13H2,1-2H3,(H2,22,23,24). The van der Waals surface area contributed by atoms with Crippen molar-refractivity contribution in [3.05, 3.63) is 35.4 Å². The molecule has 6 nitrogen and oxygen atoms in total. The molecule has 0 atom stereocenters. The molecule has 0 unspecified atom stereocenters. The molecule has 1 aliphatic rings. The van der Waals surface area contributed by atoms with Gasteiger partial charge in [-0.25, -0.2) is 8.42 Å². The van der Waals surface area contributed by atoms with Crippen molar-refractivity contribution in [2.45, 2.75) is 44.7 Å². The predicted molar refractivity (Wildman–Crippen MR) is 104 cm³/mol. The summed E-state index contributed by atoms with van der Waals surface area (Å²) in [5.74, 6) is 0.591. The van der Waals surface area contributed by atoms with Crippen LogP contribution in [0.25, 0.3) is 0 Å². The van der Waals surface area contributed by atoms with Gasteiger partial charge in [0.25, 0.3) is 0 Å². The van der Waals surface area contributed by atoms with Gasteiger partial charge >= 0.3 is 15.5 Å². The largest absolute Gasteiger partial charge is 0.511 e. The first-order valence-electron chi connectivity index (χ1n) is 9.31. The third-order valence-corrected chi connectivity index (χ3v) is 6.31. The number of halogens is 3. The van der Waals surface area contributed by atoms with Crippen molar-refractivity contribution in [2.24, 2.45) is 4.99 Å². The lowest BCUT2D eigenvalue weighted by atomic mass is 10.1. The van der Waals surface area contributed by atoms with E-state index >= 15 is 0 Å². The smallest absolute Gasteiger partial charge is 0.357 e. The van der Waals surface area contributed by atoms with Crippen LogP contribution in [0.4, 0.5) is 13.2 Å². The van der Waals surface area contributed by atoms with E-state index in [2.05, 4.69) is 21.7 Å². The van der Waals surface area contributed by atoms with E-state index in [1.165, 1.54) is 11.1 Å². The fraction of sp³-hybridized carbons (Fsp3) is 0.611. The fourth-order valence-corrected chi connectivity index (χ4v) is 4.06. The minimum absolute atomic E-state index is 0.129. The van der Waals surface area contributed by atoms with Crippen LogP contribution in [0.15, 0.2) is 29.3 Å². The predicted octanol–water partition coefficient (Wildman–Crippen LogP) is 2.41. The molecule has 2 rings (SSSR count). The van der Waals surface area contributed by atoms with Crippen molar-refractivity contribution in [3.8, 4) is 0 Å². The van der Waals surface area contributed by atoms with E-state index in [-0.39, 0.29) is 32.0 Å². The molecule has 2 N–H and O–H groups in total. The summed E-state index contributed by atoms with van der Waals surface area (Å²) >= 11 is 0. The third kappa shape index (κ3) is 5.84. The number of guanidine groups is 1. The summed E-state index contributed by atoms with van der Waals surface area (Å²) in [6, 6.07) is 7.95. The van der Waals surface area contributed by atoms with Crippen LogP contribution < -0.4 is 10.6 Å². The van der Waals surface area contributed by atoms with Gasteiger partial charge in [-0.3, -0.25) is 4.99 Å². The van der Waals surface area contributed by atoms with Crippen LogP contribution in [0.1, 0.15) is 30.9 Å². The van der Waals surface area contributed by atoms with Crippen molar-refractivity contribution in [1.29, 1.82) is 0 Å². The molecule has 0 radical (unpaired) electrons. The normalized spacial score (nSPS) is 17.5. The van der Waals surface area contributed by atoms with E-state index in [4.69, 9.17) is 0 Å². The second-order valence-corrected chi connectivity index (χ2v) is 8.64. The number of hydrogen-bond acceptors (Lipinski definition) is 3. The highest BCUT2D eigenvalue weighted by Gasteiger charge is 2.50. The Bertz CT molecular complexity index is 773. The quantitative estimate of drug-likeness (QED) is 0.548. The van der Waals surface area contributed by atoms with Crippen LogP contribution in [-0.2, 0) is 16.4 Å². The number of piperidine rings is 1. The Morgan fingerprint density at radius 2 is 1.89 bits per heavy atom. The first kappa shape index (κ1) is 22.5. The van der Waals surface area contributed by atoms with Gasteiger partial charge < -0.3 is 10.6 Å². The van der Waals surface area contributed by atoms with Gasteiger partial charge in [0.05, 0.1) is 0 Å². The van der Waals surface area contributed by atoms with E-state index < -0.39 is 15.5 Å². The zero-order chi connectivity index (χ0) is 20.8. The molecule has 1 fully saturated rings. The molecule has 0 aromatic heterocycles. The summed E-state index contributed by atoms with van der Waals surface area (Å²) in [5.41, 5.74) is -2.83. The second kappa shape index (κ2) is 9.60. The molecule has 1 aromatic rings. The summed E-state index contributed by atoms with van der Waals surface area (Å²) in [5, 5.41) is 6.33. The SMILES string of the molecule is CCNC(=NCCc1ccccc1C)NC1CCN(S(=O)(=O)C(F)(F)F)CC1. The first-order chi connectivity index (χ1) is 13.1. The molecule has 0 spiro atoms. The van der Waals surface area contributed by atoms with Gasteiger partial charge in [-0.1, -0.05) is 24.3 Å². The van der Waals surface area contributed by atoms with E-state index in [0.717, 1.165) is 6.42 Å². The van der Waals surface area contributed by atoms with E-state index in [1.54, 1.807) is 0 Å².